The molecule has 2 amide bonds. The van der Waals surface area contributed by atoms with Crippen molar-refractivity contribution in [3.8, 4) is 0 Å². The lowest BCUT2D eigenvalue weighted by Crippen LogP contribution is -2.61. The summed E-state index contributed by atoms with van der Waals surface area (Å²) in [5.41, 5.74) is 1.05. The maximum Gasteiger partial charge on any atom is 0.317 e. The molecule has 0 bridgehead atoms. The number of carbonyl (C=O) groups excluding carboxylic acids is 1. The van der Waals surface area contributed by atoms with E-state index in [2.05, 4.69) is 36.1 Å². The van der Waals surface area contributed by atoms with Crippen molar-refractivity contribution in [3.63, 3.8) is 0 Å². The second kappa shape index (κ2) is 7.07. The van der Waals surface area contributed by atoms with Gasteiger partial charge in [0.15, 0.2) is 0 Å². The van der Waals surface area contributed by atoms with E-state index >= 15 is 0 Å². The van der Waals surface area contributed by atoms with Crippen LogP contribution in [0.3, 0.4) is 0 Å². The van der Waals surface area contributed by atoms with Crippen LogP contribution < -0.4 is 5.32 Å². The van der Waals surface area contributed by atoms with Crippen molar-refractivity contribution in [2.75, 3.05) is 39.8 Å². The first-order valence-corrected chi connectivity index (χ1v) is 8.72. The molecular formula is C18H28N4O2. The second-order valence-corrected chi connectivity index (χ2v) is 7.47. The third kappa shape index (κ3) is 3.70. The molecule has 6 nitrogen and oxygen atoms in total. The second-order valence-electron chi connectivity index (χ2n) is 7.47. The molecular weight excluding hydrogens is 304 g/mol. The zero-order valence-electron chi connectivity index (χ0n) is 14.9. The van der Waals surface area contributed by atoms with Gasteiger partial charge in [0.05, 0.1) is 18.8 Å². The van der Waals surface area contributed by atoms with Gasteiger partial charge >= 0.3 is 6.03 Å². The topological polar surface area (TPSA) is 57.7 Å². The summed E-state index contributed by atoms with van der Waals surface area (Å²) in [6.07, 6.45) is 4.77. The number of piperidine rings is 1. The van der Waals surface area contributed by atoms with Crippen LogP contribution in [0.5, 0.6) is 0 Å². The van der Waals surface area contributed by atoms with Crippen LogP contribution in [0.2, 0.25) is 0 Å². The minimum atomic E-state index is -0.123. The molecule has 0 radical (unpaired) electrons. The lowest BCUT2D eigenvalue weighted by molar-refractivity contribution is -0.0881. The van der Waals surface area contributed by atoms with Crippen molar-refractivity contribution in [1.29, 1.82) is 0 Å². The van der Waals surface area contributed by atoms with Crippen molar-refractivity contribution in [3.05, 3.63) is 30.1 Å². The predicted octanol–water partition coefficient (Wildman–Crippen LogP) is 1.47. The number of aromatic nitrogens is 1. The zero-order chi connectivity index (χ0) is 17.2. The Kier molecular flexibility index (Phi) is 5.06. The maximum atomic E-state index is 12.6. The zero-order valence-corrected chi connectivity index (χ0v) is 14.9. The van der Waals surface area contributed by atoms with Gasteiger partial charge in [-0.15, -0.1) is 0 Å². The van der Waals surface area contributed by atoms with Crippen molar-refractivity contribution in [2.45, 2.75) is 37.8 Å². The molecule has 1 aromatic rings. The fraction of sp³-hybridized carbons (Fsp3) is 0.667. The van der Waals surface area contributed by atoms with Crippen LogP contribution in [-0.4, -0.2) is 72.8 Å². The molecule has 2 aliphatic rings. The summed E-state index contributed by atoms with van der Waals surface area (Å²) >= 11 is 0. The van der Waals surface area contributed by atoms with Crippen molar-refractivity contribution in [1.82, 2.24) is 20.1 Å². The minimum absolute atomic E-state index is 0.0227. The number of pyridine rings is 1. The van der Waals surface area contributed by atoms with E-state index in [1.165, 1.54) is 5.56 Å². The van der Waals surface area contributed by atoms with E-state index < -0.39 is 0 Å². The van der Waals surface area contributed by atoms with Crippen LogP contribution in [0, 0.1) is 0 Å². The van der Waals surface area contributed by atoms with Gasteiger partial charge in [-0.2, -0.15) is 0 Å². The summed E-state index contributed by atoms with van der Waals surface area (Å²) in [5, 5.41) is 3.11. The van der Waals surface area contributed by atoms with Gasteiger partial charge in [0.1, 0.15) is 0 Å². The number of hydrogen-bond acceptors (Lipinski definition) is 4. The molecule has 2 atom stereocenters. The molecule has 6 heteroatoms. The average Bonchev–Trinajstić information content (AvgIpc) is 2.60. The Morgan fingerprint density at radius 3 is 2.88 bits per heavy atom. The number of fused-ring (bicyclic) bond motifs is 1. The van der Waals surface area contributed by atoms with Gasteiger partial charge in [-0.05, 0) is 31.2 Å². The highest BCUT2D eigenvalue weighted by atomic mass is 16.5. The summed E-state index contributed by atoms with van der Waals surface area (Å²) in [6.45, 7) is 8.11. The smallest absolute Gasteiger partial charge is 0.317 e. The number of likely N-dealkylation sites (N-methyl/N-ethyl adjacent to an activating group) is 1. The first-order chi connectivity index (χ1) is 11.5. The maximum absolute atomic E-state index is 12.6. The number of nitrogens with one attached hydrogen (secondary N) is 1. The highest BCUT2D eigenvalue weighted by molar-refractivity contribution is 5.74. The third-order valence-corrected chi connectivity index (χ3v) is 5.29. The lowest BCUT2D eigenvalue weighted by Gasteiger charge is -2.45. The van der Waals surface area contributed by atoms with Crippen LogP contribution in [-0.2, 0) is 10.2 Å². The van der Waals surface area contributed by atoms with Gasteiger partial charge < -0.3 is 15.0 Å². The van der Waals surface area contributed by atoms with Gasteiger partial charge in [-0.1, -0.05) is 13.8 Å². The standard InChI is InChI=1S/C18H28N4O2/c1-18(2,14-4-7-19-8-5-14)13-20-17(23)22-9-6-16-15(12-22)21(3)10-11-24-16/h4-5,7-8,15-16H,6,9-13H2,1-3H3,(H,20,23)/t15-,16+/m1/s1. The van der Waals surface area contributed by atoms with E-state index in [1.807, 2.05) is 17.0 Å². The Labute approximate surface area is 144 Å². The van der Waals surface area contributed by atoms with Gasteiger partial charge in [-0.25, -0.2) is 4.79 Å². The van der Waals surface area contributed by atoms with Crippen LogP contribution in [0.1, 0.15) is 25.8 Å². The fourth-order valence-corrected chi connectivity index (χ4v) is 3.54. The summed E-state index contributed by atoms with van der Waals surface area (Å²) in [6, 6.07) is 4.35. The summed E-state index contributed by atoms with van der Waals surface area (Å²) < 4.78 is 5.85. The number of hydrogen-bond donors (Lipinski definition) is 1. The van der Waals surface area contributed by atoms with Crippen LogP contribution in [0.4, 0.5) is 4.79 Å². The SMILES string of the molecule is CN1CCO[C@H]2CCN(C(=O)NCC(C)(C)c3ccncc3)C[C@H]21. The number of urea groups is 1. The van der Waals surface area contributed by atoms with Gasteiger partial charge in [0.25, 0.3) is 0 Å². The van der Waals surface area contributed by atoms with Gasteiger partial charge in [-0.3, -0.25) is 9.88 Å². The molecule has 24 heavy (non-hydrogen) atoms. The Balaban J connectivity index is 1.55. The van der Waals surface area contributed by atoms with E-state index in [1.54, 1.807) is 12.4 Å². The molecule has 0 aliphatic carbocycles. The molecule has 0 unspecified atom stereocenters. The van der Waals surface area contributed by atoms with Crippen LogP contribution >= 0.6 is 0 Å². The molecule has 2 aliphatic heterocycles. The van der Waals surface area contributed by atoms with E-state index in [-0.39, 0.29) is 17.6 Å². The number of nitrogens with zero attached hydrogens (tertiary/aromatic N) is 3. The number of rotatable bonds is 3. The summed E-state index contributed by atoms with van der Waals surface area (Å²) in [7, 11) is 2.12. The molecule has 1 aromatic heterocycles. The summed E-state index contributed by atoms with van der Waals surface area (Å²) in [5.74, 6) is 0. The van der Waals surface area contributed by atoms with Crippen LogP contribution in [0.25, 0.3) is 0 Å². The molecule has 0 saturated carbocycles. The highest BCUT2D eigenvalue weighted by Crippen LogP contribution is 2.23. The monoisotopic (exact) mass is 332 g/mol. The number of likely N-dealkylation sites (tertiary alicyclic amines) is 1. The predicted molar refractivity (Wildman–Crippen MR) is 93.0 cm³/mol. The Morgan fingerprint density at radius 2 is 2.12 bits per heavy atom. The van der Waals surface area contributed by atoms with E-state index in [4.69, 9.17) is 4.74 Å². The quantitative estimate of drug-likeness (QED) is 0.911. The molecule has 0 aromatic carbocycles. The molecule has 0 spiro atoms. The Bertz CT molecular complexity index is 563. The molecule has 2 fully saturated rings. The molecule has 3 rings (SSSR count). The van der Waals surface area contributed by atoms with E-state index in [9.17, 15) is 4.79 Å². The number of ether oxygens (including phenoxy) is 1. The van der Waals surface area contributed by atoms with E-state index in [0.717, 1.165) is 32.7 Å². The number of carbonyl (C=O) groups is 1. The van der Waals surface area contributed by atoms with Crippen molar-refractivity contribution >= 4 is 6.03 Å². The summed E-state index contributed by atoms with van der Waals surface area (Å²) in [4.78, 5) is 20.9. The molecule has 132 valence electrons. The van der Waals surface area contributed by atoms with Gasteiger partial charge in [0, 0.05) is 44.0 Å². The highest BCUT2D eigenvalue weighted by Gasteiger charge is 2.37. The fourth-order valence-electron chi connectivity index (χ4n) is 3.54. The first kappa shape index (κ1) is 17.2. The largest absolute Gasteiger partial charge is 0.375 e. The number of amides is 2. The van der Waals surface area contributed by atoms with Gasteiger partial charge in [0.2, 0.25) is 0 Å². The Hall–Kier alpha value is -1.66. The van der Waals surface area contributed by atoms with Crippen LogP contribution in [0.15, 0.2) is 24.5 Å². The Morgan fingerprint density at radius 1 is 1.38 bits per heavy atom. The molecule has 1 N–H and O–H groups in total. The van der Waals surface area contributed by atoms with Crippen molar-refractivity contribution in [2.24, 2.45) is 0 Å². The molecule has 2 saturated heterocycles. The third-order valence-electron chi connectivity index (χ3n) is 5.29. The lowest BCUT2D eigenvalue weighted by atomic mass is 9.85. The molecule has 3 heterocycles. The van der Waals surface area contributed by atoms with E-state index in [0.29, 0.717) is 12.6 Å². The first-order valence-electron chi connectivity index (χ1n) is 8.72. The van der Waals surface area contributed by atoms with Crippen molar-refractivity contribution < 1.29 is 9.53 Å². The minimum Gasteiger partial charge on any atom is -0.375 e. The number of morpholine rings is 1. The normalized spacial score (nSPS) is 25.2. The average molecular weight is 332 g/mol.